The first-order valence-corrected chi connectivity index (χ1v) is 7.42. The van der Waals surface area contributed by atoms with Crippen LogP contribution in [0, 0.1) is 11.3 Å². The molecule has 1 aliphatic rings. The van der Waals surface area contributed by atoms with Gasteiger partial charge in [0.15, 0.2) is 0 Å². The zero-order chi connectivity index (χ0) is 15.0. The smallest absolute Gasteiger partial charge is 0.230 e. The van der Waals surface area contributed by atoms with Gasteiger partial charge >= 0.3 is 0 Å². The Morgan fingerprint density at radius 3 is 2.30 bits per heavy atom. The van der Waals surface area contributed by atoms with Gasteiger partial charge in [-0.3, -0.25) is 4.79 Å². The Bertz CT molecular complexity index is 484. The highest BCUT2D eigenvalue weighted by Gasteiger charge is 2.46. The number of nitrogens with two attached hydrogens (primary N) is 1. The topological polar surface area (TPSA) is 55.1 Å². The van der Waals surface area contributed by atoms with Gasteiger partial charge in [0.05, 0.1) is 5.41 Å². The molecule has 0 bridgehead atoms. The first-order valence-electron chi connectivity index (χ1n) is 7.42. The molecule has 1 aromatic rings. The van der Waals surface area contributed by atoms with E-state index in [0.29, 0.717) is 11.3 Å². The van der Waals surface area contributed by atoms with Crippen LogP contribution in [0.25, 0.3) is 0 Å². The van der Waals surface area contributed by atoms with Gasteiger partial charge in [0.25, 0.3) is 0 Å². The van der Waals surface area contributed by atoms with Crippen LogP contribution in [-0.4, -0.2) is 12.5 Å². The van der Waals surface area contributed by atoms with Crippen molar-refractivity contribution in [2.75, 3.05) is 12.3 Å². The fourth-order valence-corrected chi connectivity index (χ4v) is 2.63. The lowest BCUT2D eigenvalue weighted by atomic mass is 9.83. The third-order valence-corrected chi connectivity index (χ3v) is 4.92. The lowest BCUT2D eigenvalue weighted by Gasteiger charge is -2.27. The average Bonchev–Trinajstić information content (AvgIpc) is 3.17. The van der Waals surface area contributed by atoms with Crippen molar-refractivity contribution in [2.45, 2.75) is 46.0 Å². The van der Waals surface area contributed by atoms with E-state index in [0.717, 1.165) is 17.8 Å². The molecule has 1 fully saturated rings. The molecule has 1 aliphatic carbocycles. The van der Waals surface area contributed by atoms with E-state index >= 15 is 0 Å². The Morgan fingerprint density at radius 2 is 1.85 bits per heavy atom. The third-order valence-electron chi connectivity index (χ3n) is 4.92. The molecule has 3 nitrogen and oxygen atoms in total. The summed E-state index contributed by atoms with van der Waals surface area (Å²) in [5, 5.41) is 3.15. The Morgan fingerprint density at radius 1 is 1.30 bits per heavy atom. The monoisotopic (exact) mass is 274 g/mol. The normalized spacial score (nSPS) is 17.1. The molecule has 0 unspecified atom stereocenters. The van der Waals surface area contributed by atoms with Gasteiger partial charge in [0, 0.05) is 12.2 Å². The summed E-state index contributed by atoms with van der Waals surface area (Å²) in [4.78, 5) is 12.5. The van der Waals surface area contributed by atoms with Crippen molar-refractivity contribution in [1.29, 1.82) is 0 Å². The van der Waals surface area contributed by atoms with Crippen molar-refractivity contribution in [1.82, 2.24) is 5.32 Å². The van der Waals surface area contributed by atoms with E-state index < -0.39 is 5.41 Å². The van der Waals surface area contributed by atoms with Gasteiger partial charge in [-0.25, -0.2) is 0 Å². The lowest BCUT2D eigenvalue weighted by Crippen LogP contribution is -2.43. The third kappa shape index (κ3) is 2.82. The lowest BCUT2D eigenvalue weighted by molar-refractivity contribution is -0.126. The maximum Gasteiger partial charge on any atom is 0.230 e. The van der Waals surface area contributed by atoms with E-state index in [1.54, 1.807) is 0 Å². The number of hydrogen-bond donors (Lipinski definition) is 2. The largest absolute Gasteiger partial charge is 0.399 e. The van der Waals surface area contributed by atoms with Gasteiger partial charge < -0.3 is 11.1 Å². The molecular formula is C17H26N2O. The van der Waals surface area contributed by atoms with Crippen molar-refractivity contribution in [3.05, 3.63) is 29.8 Å². The first kappa shape index (κ1) is 14.9. The minimum Gasteiger partial charge on any atom is -0.399 e. The number of nitrogen functional groups attached to an aromatic ring is 1. The molecule has 0 atom stereocenters. The molecule has 1 saturated carbocycles. The van der Waals surface area contributed by atoms with Crippen LogP contribution in [0.1, 0.15) is 46.1 Å². The molecule has 20 heavy (non-hydrogen) atoms. The summed E-state index contributed by atoms with van der Waals surface area (Å²) >= 11 is 0. The quantitative estimate of drug-likeness (QED) is 0.811. The molecule has 0 aromatic heterocycles. The predicted molar refractivity (Wildman–Crippen MR) is 83.4 cm³/mol. The van der Waals surface area contributed by atoms with Crippen molar-refractivity contribution < 1.29 is 4.79 Å². The average molecular weight is 274 g/mol. The molecule has 0 spiro atoms. The van der Waals surface area contributed by atoms with Gasteiger partial charge in [-0.05, 0) is 55.7 Å². The maximum atomic E-state index is 12.5. The van der Waals surface area contributed by atoms with E-state index in [1.165, 1.54) is 12.8 Å². The minimum absolute atomic E-state index is 0.0918. The molecule has 3 N–H and O–H groups in total. The number of anilines is 1. The molecule has 110 valence electrons. The SMILES string of the molecule is CC(C)C1(CNC(=O)C(C)(C)c2ccc(N)cc2)CC1. The fraction of sp³-hybridized carbons (Fsp3) is 0.588. The fourth-order valence-electron chi connectivity index (χ4n) is 2.63. The van der Waals surface area contributed by atoms with Crippen LogP contribution in [-0.2, 0) is 10.2 Å². The van der Waals surface area contributed by atoms with Gasteiger partial charge in [0.1, 0.15) is 0 Å². The van der Waals surface area contributed by atoms with Crippen LogP contribution in [0.15, 0.2) is 24.3 Å². The highest BCUT2D eigenvalue weighted by Crippen LogP contribution is 2.51. The first-order chi connectivity index (χ1) is 9.28. The van der Waals surface area contributed by atoms with E-state index in [4.69, 9.17) is 5.73 Å². The summed E-state index contributed by atoms with van der Waals surface area (Å²) < 4.78 is 0. The Balaban J connectivity index is 2.02. The predicted octanol–water partition coefficient (Wildman–Crippen LogP) is 3.10. The second-order valence-corrected chi connectivity index (χ2v) is 6.95. The molecule has 0 heterocycles. The highest BCUT2D eigenvalue weighted by atomic mass is 16.2. The number of carbonyl (C=O) groups is 1. The van der Waals surface area contributed by atoms with Crippen LogP contribution in [0.3, 0.4) is 0 Å². The number of amides is 1. The van der Waals surface area contributed by atoms with Gasteiger partial charge in [-0.15, -0.1) is 0 Å². The molecule has 1 amide bonds. The maximum absolute atomic E-state index is 12.5. The number of benzene rings is 1. The van der Waals surface area contributed by atoms with Crippen LogP contribution in [0.2, 0.25) is 0 Å². The Kier molecular flexibility index (Phi) is 3.81. The van der Waals surface area contributed by atoms with Crippen molar-refractivity contribution in [3.63, 3.8) is 0 Å². The zero-order valence-electron chi connectivity index (χ0n) is 13.0. The van der Waals surface area contributed by atoms with Crippen LogP contribution in [0.5, 0.6) is 0 Å². The zero-order valence-corrected chi connectivity index (χ0v) is 13.0. The van der Waals surface area contributed by atoms with Crippen molar-refractivity contribution in [3.8, 4) is 0 Å². The number of carbonyl (C=O) groups excluding carboxylic acids is 1. The number of rotatable bonds is 5. The summed E-state index contributed by atoms with van der Waals surface area (Å²) in [6.07, 6.45) is 2.46. The summed E-state index contributed by atoms with van der Waals surface area (Å²) in [5.41, 5.74) is 7.24. The Labute approximate surface area is 121 Å². The van der Waals surface area contributed by atoms with E-state index in [9.17, 15) is 4.79 Å². The number of nitrogens with one attached hydrogen (secondary N) is 1. The minimum atomic E-state index is -0.527. The van der Waals surface area contributed by atoms with Crippen LogP contribution >= 0.6 is 0 Å². The van der Waals surface area contributed by atoms with Gasteiger partial charge in [-0.1, -0.05) is 26.0 Å². The summed E-state index contributed by atoms with van der Waals surface area (Å²) in [6, 6.07) is 7.57. The molecule has 1 aromatic carbocycles. The molecule has 2 rings (SSSR count). The molecule has 0 saturated heterocycles. The van der Waals surface area contributed by atoms with Crippen molar-refractivity contribution in [2.24, 2.45) is 11.3 Å². The second-order valence-electron chi connectivity index (χ2n) is 6.95. The summed E-state index contributed by atoms with van der Waals surface area (Å²) in [5.74, 6) is 0.719. The van der Waals surface area contributed by atoms with Crippen molar-refractivity contribution >= 4 is 11.6 Å². The summed E-state index contributed by atoms with van der Waals surface area (Å²) in [7, 11) is 0. The summed E-state index contributed by atoms with van der Waals surface area (Å²) in [6.45, 7) is 9.20. The van der Waals surface area contributed by atoms with E-state index in [-0.39, 0.29) is 5.91 Å². The molecule has 0 radical (unpaired) electrons. The van der Waals surface area contributed by atoms with E-state index in [1.807, 2.05) is 38.1 Å². The van der Waals surface area contributed by atoms with E-state index in [2.05, 4.69) is 19.2 Å². The molecule has 3 heteroatoms. The van der Waals surface area contributed by atoms with Crippen LogP contribution < -0.4 is 11.1 Å². The standard InChI is InChI=1S/C17H26N2O/c1-12(2)17(9-10-17)11-19-15(20)16(3,4)13-5-7-14(18)8-6-13/h5-8,12H,9-11,18H2,1-4H3,(H,19,20). The molecular weight excluding hydrogens is 248 g/mol. The van der Waals surface area contributed by atoms with Crippen LogP contribution in [0.4, 0.5) is 5.69 Å². The van der Waals surface area contributed by atoms with Gasteiger partial charge in [0.2, 0.25) is 5.91 Å². The Hall–Kier alpha value is -1.51. The molecule has 0 aliphatic heterocycles. The highest BCUT2D eigenvalue weighted by molar-refractivity contribution is 5.87. The number of hydrogen-bond acceptors (Lipinski definition) is 2. The van der Waals surface area contributed by atoms with Gasteiger partial charge in [-0.2, -0.15) is 0 Å². The second kappa shape index (κ2) is 5.12.